The molecule has 2 N–H and O–H groups in total. The smallest absolute Gasteiger partial charge is 0.329 e. The van der Waals surface area contributed by atoms with Crippen molar-refractivity contribution in [2.75, 3.05) is 12.8 Å². The Labute approximate surface area is 113 Å². The van der Waals surface area contributed by atoms with Crippen LogP contribution in [0.3, 0.4) is 0 Å². The van der Waals surface area contributed by atoms with Gasteiger partial charge in [0.05, 0.1) is 18.0 Å². The van der Waals surface area contributed by atoms with E-state index in [1.807, 2.05) is 18.2 Å². The fraction of sp³-hybridized carbons (Fsp3) is 0.0833. The van der Waals surface area contributed by atoms with Crippen LogP contribution in [0, 0.1) is 0 Å². The molecule has 0 radical (unpaired) electrons. The van der Waals surface area contributed by atoms with E-state index in [2.05, 4.69) is 37.2 Å². The molecule has 0 bridgehead atoms. The molecule has 0 fully saturated rings. The van der Waals surface area contributed by atoms with E-state index >= 15 is 0 Å². The average Bonchev–Trinajstić information content (AvgIpc) is 2.39. The van der Waals surface area contributed by atoms with Crippen molar-refractivity contribution in [2.24, 2.45) is 0 Å². The van der Waals surface area contributed by atoms with Crippen molar-refractivity contribution in [3.8, 4) is 0 Å². The van der Waals surface area contributed by atoms with E-state index in [9.17, 15) is 4.79 Å². The SMILES string of the molecule is C=CC(=O)OC.Nc1ncnc2cccc(Br)c12. The van der Waals surface area contributed by atoms with Gasteiger partial charge in [-0.25, -0.2) is 14.8 Å². The van der Waals surface area contributed by atoms with Crippen LogP contribution in [-0.4, -0.2) is 23.0 Å². The number of hydrogen-bond acceptors (Lipinski definition) is 5. The summed E-state index contributed by atoms with van der Waals surface area (Å²) >= 11 is 3.39. The highest BCUT2D eigenvalue weighted by molar-refractivity contribution is 9.10. The molecule has 1 aromatic heterocycles. The van der Waals surface area contributed by atoms with E-state index in [4.69, 9.17) is 5.73 Å². The lowest BCUT2D eigenvalue weighted by Gasteiger charge is -2.00. The fourth-order valence-corrected chi connectivity index (χ4v) is 1.73. The van der Waals surface area contributed by atoms with Crippen molar-refractivity contribution < 1.29 is 9.53 Å². The minimum Gasteiger partial charge on any atom is -0.466 e. The Morgan fingerprint density at radius 1 is 1.50 bits per heavy atom. The van der Waals surface area contributed by atoms with Gasteiger partial charge in [0.1, 0.15) is 12.1 Å². The molecule has 0 unspecified atom stereocenters. The monoisotopic (exact) mass is 309 g/mol. The van der Waals surface area contributed by atoms with Gasteiger partial charge in [0.25, 0.3) is 0 Å². The number of ether oxygens (including phenoxy) is 1. The molecule has 0 amide bonds. The molecule has 18 heavy (non-hydrogen) atoms. The first-order valence-corrected chi connectivity index (χ1v) is 5.74. The molecular weight excluding hydrogens is 298 g/mol. The first kappa shape index (κ1) is 14.1. The first-order chi connectivity index (χ1) is 8.60. The van der Waals surface area contributed by atoms with Gasteiger partial charge in [0.2, 0.25) is 0 Å². The highest BCUT2D eigenvalue weighted by atomic mass is 79.9. The number of carbonyl (C=O) groups is 1. The summed E-state index contributed by atoms with van der Waals surface area (Å²) in [6.45, 7) is 3.16. The molecule has 2 rings (SSSR count). The van der Waals surface area contributed by atoms with Crippen LogP contribution in [0.15, 0.2) is 41.7 Å². The molecule has 1 aromatic carbocycles. The van der Waals surface area contributed by atoms with Gasteiger partial charge in [-0.3, -0.25) is 0 Å². The van der Waals surface area contributed by atoms with E-state index in [1.54, 1.807) is 0 Å². The Morgan fingerprint density at radius 3 is 2.72 bits per heavy atom. The molecule has 0 saturated carbocycles. The number of nitrogens with two attached hydrogens (primary N) is 1. The molecule has 2 aromatic rings. The van der Waals surface area contributed by atoms with Gasteiger partial charge in [0, 0.05) is 10.5 Å². The summed E-state index contributed by atoms with van der Waals surface area (Å²) in [5, 5.41) is 0.875. The summed E-state index contributed by atoms with van der Waals surface area (Å²) in [5.74, 6) is 0.113. The van der Waals surface area contributed by atoms with Crippen molar-refractivity contribution in [3.05, 3.63) is 41.7 Å². The standard InChI is InChI=1S/C8H6BrN3.C4H6O2/c9-5-2-1-3-6-7(5)8(10)12-4-11-6;1-3-4(5)6-2/h1-4H,(H2,10,11,12);3H,1H2,2H3. The molecule has 5 nitrogen and oxygen atoms in total. The number of rotatable bonds is 1. The zero-order valence-electron chi connectivity index (χ0n) is 9.76. The molecule has 0 aliphatic carbocycles. The van der Waals surface area contributed by atoms with Gasteiger partial charge < -0.3 is 10.5 Å². The number of aromatic nitrogens is 2. The zero-order valence-corrected chi connectivity index (χ0v) is 11.3. The molecule has 1 heterocycles. The Kier molecular flexibility index (Phi) is 5.26. The van der Waals surface area contributed by atoms with Crippen LogP contribution < -0.4 is 5.73 Å². The van der Waals surface area contributed by atoms with Crippen LogP contribution in [0.25, 0.3) is 10.9 Å². The summed E-state index contributed by atoms with van der Waals surface area (Å²) in [6.07, 6.45) is 2.57. The number of esters is 1. The molecule has 0 saturated heterocycles. The number of nitrogen functional groups attached to an aromatic ring is 1. The number of methoxy groups -OCH3 is 1. The van der Waals surface area contributed by atoms with Gasteiger partial charge in [-0.05, 0) is 28.1 Å². The Balaban J connectivity index is 0.000000232. The zero-order chi connectivity index (χ0) is 13.5. The second kappa shape index (κ2) is 6.70. The van der Waals surface area contributed by atoms with Gasteiger partial charge in [-0.2, -0.15) is 0 Å². The summed E-state index contributed by atoms with van der Waals surface area (Å²) in [6, 6.07) is 5.74. The largest absolute Gasteiger partial charge is 0.466 e. The predicted molar refractivity (Wildman–Crippen MR) is 73.9 cm³/mol. The van der Waals surface area contributed by atoms with Crippen molar-refractivity contribution in [1.29, 1.82) is 0 Å². The number of anilines is 1. The predicted octanol–water partition coefficient (Wildman–Crippen LogP) is 2.32. The van der Waals surface area contributed by atoms with Crippen molar-refractivity contribution in [2.45, 2.75) is 0 Å². The molecule has 94 valence electrons. The summed E-state index contributed by atoms with van der Waals surface area (Å²) < 4.78 is 5.07. The number of hydrogen-bond donors (Lipinski definition) is 1. The van der Waals surface area contributed by atoms with E-state index < -0.39 is 5.97 Å². The molecule has 0 spiro atoms. The maximum Gasteiger partial charge on any atom is 0.329 e. The highest BCUT2D eigenvalue weighted by Gasteiger charge is 2.02. The van der Waals surface area contributed by atoms with E-state index in [1.165, 1.54) is 13.4 Å². The van der Waals surface area contributed by atoms with E-state index in [-0.39, 0.29) is 0 Å². The van der Waals surface area contributed by atoms with Crippen LogP contribution in [0.2, 0.25) is 0 Å². The van der Waals surface area contributed by atoms with Crippen molar-refractivity contribution in [1.82, 2.24) is 9.97 Å². The highest BCUT2D eigenvalue weighted by Crippen LogP contribution is 2.25. The minimum atomic E-state index is -0.394. The fourth-order valence-electron chi connectivity index (χ4n) is 1.18. The second-order valence-corrected chi connectivity index (χ2v) is 3.97. The molecule has 6 heteroatoms. The lowest BCUT2D eigenvalue weighted by atomic mass is 10.2. The van der Waals surface area contributed by atoms with Crippen molar-refractivity contribution >= 4 is 38.6 Å². The normalized spacial score (nSPS) is 9.22. The quantitative estimate of drug-likeness (QED) is 0.646. The van der Waals surface area contributed by atoms with Crippen LogP contribution in [0.1, 0.15) is 0 Å². The summed E-state index contributed by atoms with van der Waals surface area (Å²) in [5.41, 5.74) is 6.53. The Morgan fingerprint density at radius 2 is 2.22 bits per heavy atom. The maximum atomic E-state index is 9.84. The second-order valence-electron chi connectivity index (χ2n) is 3.12. The minimum absolute atomic E-state index is 0.394. The lowest BCUT2D eigenvalue weighted by molar-refractivity contribution is -0.134. The van der Waals surface area contributed by atoms with Gasteiger partial charge in [-0.1, -0.05) is 12.6 Å². The summed E-state index contributed by atoms with van der Waals surface area (Å²) in [7, 11) is 1.31. The molecular formula is C12H12BrN3O2. The third-order valence-electron chi connectivity index (χ3n) is 2.01. The average molecular weight is 310 g/mol. The molecule has 0 aliphatic heterocycles. The molecule has 0 atom stereocenters. The number of carbonyl (C=O) groups excluding carboxylic acids is 1. The lowest BCUT2D eigenvalue weighted by Crippen LogP contribution is -1.93. The van der Waals surface area contributed by atoms with Crippen LogP contribution in [0.4, 0.5) is 5.82 Å². The first-order valence-electron chi connectivity index (χ1n) is 4.95. The topological polar surface area (TPSA) is 78.1 Å². The number of fused-ring (bicyclic) bond motifs is 1. The maximum absolute atomic E-state index is 9.84. The van der Waals surface area contributed by atoms with Crippen molar-refractivity contribution in [3.63, 3.8) is 0 Å². The van der Waals surface area contributed by atoms with Crippen LogP contribution in [0.5, 0.6) is 0 Å². The van der Waals surface area contributed by atoms with Crippen LogP contribution in [-0.2, 0) is 9.53 Å². The van der Waals surface area contributed by atoms with Crippen LogP contribution >= 0.6 is 15.9 Å². The van der Waals surface area contributed by atoms with E-state index in [0.29, 0.717) is 5.82 Å². The number of benzene rings is 1. The third kappa shape index (κ3) is 3.53. The van der Waals surface area contributed by atoms with Gasteiger partial charge >= 0.3 is 5.97 Å². The third-order valence-corrected chi connectivity index (χ3v) is 2.67. The van der Waals surface area contributed by atoms with Gasteiger partial charge in [0.15, 0.2) is 0 Å². The molecule has 0 aliphatic rings. The Bertz CT molecular complexity index is 536. The van der Waals surface area contributed by atoms with Gasteiger partial charge in [-0.15, -0.1) is 0 Å². The van der Waals surface area contributed by atoms with E-state index in [0.717, 1.165) is 21.5 Å². The number of halogens is 1. The summed E-state index contributed by atoms with van der Waals surface area (Å²) in [4.78, 5) is 17.8. The number of nitrogens with zero attached hydrogens (tertiary/aromatic N) is 2. The Hall–Kier alpha value is -1.95.